The summed E-state index contributed by atoms with van der Waals surface area (Å²) >= 11 is 6.96. The Hall–Kier alpha value is -2.93. The Balaban J connectivity index is 1.49. The minimum absolute atomic E-state index is 0.0577. The van der Waals surface area contributed by atoms with Crippen LogP contribution in [0.2, 0.25) is 0 Å². The van der Waals surface area contributed by atoms with E-state index in [9.17, 15) is 14.9 Å². The predicted molar refractivity (Wildman–Crippen MR) is 157 cm³/mol. The van der Waals surface area contributed by atoms with Gasteiger partial charge in [-0.25, -0.2) is 0 Å². The fraction of sp³-hybridized carbons (Fsp3) is 0.448. The largest absolute Gasteiger partial charge is 0.355 e. The van der Waals surface area contributed by atoms with E-state index in [2.05, 4.69) is 40.1 Å². The lowest BCUT2D eigenvalue weighted by Crippen LogP contribution is -2.48. The van der Waals surface area contributed by atoms with Crippen LogP contribution in [0.15, 0.2) is 40.0 Å². The van der Waals surface area contributed by atoms with Gasteiger partial charge in [0.2, 0.25) is 0 Å². The number of nitrogens with zero attached hydrogens (tertiary/aromatic N) is 5. The average Bonchev–Trinajstić information content (AvgIpc) is 3.54. The highest BCUT2D eigenvalue weighted by molar-refractivity contribution is 8.26. The van der Waals surface area contributed by atoms with E-state index in [1.807, 2.05) is 26.0 Å². The third-order valence-corrected chi connectivity index (χ3v) is 9.20. The molecule has 0 radical (unpaired) electrons. The third-order valence-electron chi connectivity index (χ3n) is 7.87. The van der Waals surface area contributed by atoms with Crippen molar-refractivity contribution < 1.29 is 4.79 Å². The number of aromatic nitrogens is 1. The molecule has 0 atom stereocenters. The fourth-order valence-electron chi connectivity index (χ4n) is 5.83. The molecule has 38 heavy (non-hydrogen) atoms. The summed E-state index contributed by atoms with van der Waals surface area (Å²) in [5, 5.41) is 9.85. The van der Waals surface area contributed by atoms with Gasteiger partial charge in [-0.3, -0.25) is 24.0 Å². The van der Waals surface area contributed by atoms with Crippen LogP contribution in [0.1, 0.15) is 54.9 Å². The van der Waals surface area contributed by atoms with Crippen LogP contribution in [-0.4, -0.2) is 56.8 Å². The summed E-state index contributed by atoms with van der Waals surface area (Å²) in [6.07, 6.45) is 6.08. The van der Waals surface area contributed by atoms with Crippen LogP contribution >= 0.6 is 24.0 Å². The minimum Gasteiger partial charge on any atom is -0.355 e. The molecule has 7 nitrogen and oxygen atoms in total. The second-order valence-electron chi connectivity index (χ2n) is 10.1. The second kappa shape index (κ2) is 11.4. The summed E-state index contributed by atoms with van der Waals surface area (Å²) in [6.45, 7) is 8.29. The summed E-state index contributed by atoms with van der Waals surface area (Å²) in [5.41, 5.74) is 2.53. The van der Waals surface area contributed by atoms with Crippen molar-refractivity contribution in [2.75, 3.05) is 31.1 Å². The van der Waals surface area contributed by atoms with Crippen LogP contribution in [0.3, 0.4) is 0 Å². The number of piperazine rings is 1. The van der Waals surface area contributed by atoms with E-state index >= 15 is 0 Å². The molecule has 1 aromatic carbocycles. The van der Waals surface area contributed by atoms with Gasteiger partial charge in [0.25, 0.3) is 11.5 Å². The van der Waals surface area contributed by atoms with Gasteiger partial charge in [-0.15, -0.1) is 0 Å². The number of carbonyl (C=O) groups is 1. The summed E-state index contributed by atoms with van der Waals surface area (Å²) in [6, 6.07) is 12.7. The lowest BCUT2D eigenvalue weighted by molar-refractivity contribution is -0.123. The Kier molecular flexibility index (Phi) is 8.03. The molecule has 0 unspecified atom stereocenters. The lowest BCUT2D eigenvalue weighted by atomic mass is 10.0. The molecule has 3 heterocycles. The first kappa shape index (κ1) is 26.7. The van der Waals surface area contributed by atoms with Gasteiger partial charge in [0.1, 0.15) is 21.8 Å². The quantitative estimate of drug-likeness (QED) is 0.389. The fourth-order valence-corrected chi connectivity index (χ4v) is 7.21. The standard InChI is InChI=1S/C29H33N5O2S2/c1-3-33-26(32-15-13-31(14-16-32)19-21-9-5-4-6-10-21)23(20(2)24(18-30)27(33)35)17-25-28(36)34(29(37)38-25)22-11-7-8-12-22/h4-6,9-10,17,22H,3,7-8,11-16,19H2,1-2H3/b25-17+. The number of rotatable bonds is 6. The number of pyridine rings is 1. The highest BCUT2D eigenvalue weighted by Crippen LogP contribution is 2.39. The maximum Gasteiger partial charge on any atom is 0.270 e. The SMILES string of the molecule is CCn1c(N2CCN(Cc3ccccc3)CC2)c(/C=C2/SC(=S)N(C3CCCC3)C2=O)c(C)c(C#N)c1=O. The summed E-state index contributed by atoms with van der Waals surface area (Å²) in [5.74, 6) is 0.734. The topological polar surface area (TPSA) is 72.6 Å². The monoisotopic (exact) mass is 547 g/mol. The van der Waals surface area contributed by atoms with Crippen molar-refractivity contribution in [2.24, 2.45) is 0 Å². The number of anilines is 1. The molecule has 9 heteroatoms. The molecule has 2 aliphatic heterocycles. The van der Waals surface area contributed by atoms with Crippen LogP contribution in [0.25, 0.3) is 6.08 Å². The molecule has 1 aromatic heterocycles. The number of thioether (sulfide) groups is 1. The van der Waals surface area contributed by atoms with Gasteiger partial charge >= 0.3 is 0 Å². The lowest BCUT2D eigenvalue weighted by Gasteiger charge is -2.38. The highest BCUT2D eigenvalue weighted by atomic mass is 32.2. The molecule has 2 aromatic rings. The van der Waals surface area contributed by atoms with Gasteiger partial charge in [-0.1, -0.05) is 67.2 Å². The Morgan fingerprint density at radius 2 is 1.79 bits per heavy atom. The van der Waals surface area contributed by atoms with Crippen molar-refractivity contribution in [2.45, 2.75) is 58.7 Å². The maximum atomic E-state index is 13.5. The zero-order valence-corrected chi connectivity index (χ0v) is 23.6. The van der Waals surface area contributed by atoms with Crippen LogP contribution in [0.5, 0.6) is 0 Å². The average molecular weight is 548 g/mol. The first-order valence-electron chi connectivity index (χ1n) is 13.4. The number of benzene rings is 1. The van der Waals surface area contributed by atoms with Crippen LogP contribution in [-0.2, 0) is 17.9 Å². The summed E-state index contributed by atoms with van der Waals surface area (Å²) < 4.78 is 2.30. The number of hydrogen-bond acceptors (Lipinski definition) is 7. The minimum atomic E-state index is -0.273. The van der Waals surface area contributed by atoms with Crippen LogP contribution in [0.4, 0.5) is 5.82 Å². The predicted octanol–water partition coefficient (Wildman–Crippen LogP) is 4.51. The molecule has 2 saturated heterocycles. The molecule has 1 aliphatic carbocycles. The molecular weight excluding hydrogens is 514 g/mol. The van der Waals surface area contributed by atoms with Crippen LogP contribution < -0.4 is 10.5 Å². The Labute approximate surface area is 233 Å². The van der Waals surface area contributed by atoms with Crippen molar-refractivity contribution in [3.63, 3.8) is 0 Å². The van der Waals surface area contributed by atoms with E-state index < -0.39 is 0 Å². The zero-order valence-electron chi connectivity index (χ0n) is 22.0. The molecular formula is C29H33N5O2S2. The van der Waals surface area contributed by atoms with E-state index in [4.69, 9.17) is 12.2 Å². The number of amides is 1. The summed E-state index contributed by atoms with van der Waals surface area (Å²) in [4.78, 5) is 33.8. The smallest absolute Gasteiger partial charge is 0.270 e. The Morgan fingerprint density at radius 3 is 2.42 bits per heavy atom. The van der Waals surface area contributed by atoms with E-state index in [0.717, 1.165) is 69.8 Å². The number of hydrogen-bond donors (Lipinski definition) is 0. The van der Waals surface area contributed by atoms with Crippen LogP contribution in [0, 0.1) is 18.3 Å². The molecule has 198 valence electrons. The normalized spacial score (nSPS) is 20.1. The van der Waals surface area contributed by atoms with Crippen molar-refractivity contribution in [3.8, 4) is 6.07 Å². The number of thiocarbonyl (C=S) groups is 1. The summed E-state index contributed by atoms with van der Waals surface area (Å²) in [7, 11) is 0. The molecule has 3 aliphatic rings. The number of carbonyl (C=O) groups excluding carboxylic acids is 1. The van der Waals surface area contributed by atoms with Gasteiger partial charge in [-0.05, 0) is 43.9 Å². The first-order chi connectivity index (χ1) is 18.4. The molecule has 5 rings (SSSR count). The number of nitriles is 1. The first-order valence-corrected chi connectivity index (χ1v) is 14.6. The molecule has 1 amide bonds. The van der Waals surface area contributed by atoms with Gasteiger partial charge < -0.3 is 4.90 Å². The van der Waals surface area contributed by atoms with Gasteiger partial charge in [0, 0.05) is 50.9 Å². The maximum absolute atomic E-state index is 13.5. The van der Waals surface area contributed by atoms with Gasteiger partial charge in [-0.2, -0.15) is 5.26 Å². The van der Waals surface area contributed by atoms with Crippen molar-refractivity contribution >= 4 is 46.1 Å². The highest BCUT2D eigenvalue weighted by Gasteiger charge is 2.38. The van der Waals surface area contributed by atoms with Crippen molar-refractivity contribution in [1.82, 2.24) is 14.4 Å². The van der Waals surface area contributed by atoms with Gasteiger partial charge in [0.05, 0.1) is 4.91 Å². The molecule has 0 spiro atoms. The Morgan fingerprint density at radius 1 is 1.11 bits per heavy atom. The van der Waals surface area contributed by atoms with E-state index in [-0.39, 0.29) is 23.1 Å². The molecule has 3 fully saturated rings. The third kappa shape index (κ3) is 5.05. The molecule has 0 bridgehead atoms. The van der Waals surface area contributed by atoms with E-state index in [0.29, 0.717) is 21.3 Å². The van der Waals surface area contributed by atoms with Gasteiger partial charge in [0.15, 0.2) is 0 Å². The van der Waals surface area contributed by atoms with E-state index in [1.54, 1.807) is 9.47 Å². The zero-order chi connectivity index (χ0) is 26.8. The van der Waals surface area contributed by atoms with Crippen molar-refractivity contribution in [3.05, 3.63) is 67.8 Å². The molecule has 0 N–H and O–H groups in total. The van der Waals surface area contributed by atoms with Crippen molar-refractivity contribution in [1.29, 1.82) is 5.26 Å². The second-order valence-corrected chi connectivity index (χ2v) is 11.8. The molecule has 1 saturated carbocycles. The Bertz CT molecular complexity index is 1360. The van der Waals surface area contributed by atoms with E-state index in [1.165, 1.54) is 17.3 Å².